The van der Waals surface area contributed by atoms with E-state index in [0.717, 1.165) is 38.8 Å². The highest BCUT2D eigenvalue weighted by Crippen LogP contribution is 2.39. The topological polar surface area (TPSA) is 56.1 Å². The number of hydrogen-bond donors (Lipinski definition) is 1. The van der Waals surface area contributed by atoms with Crippen LogP contribution in [0, 0.1) is 5.41 Å². The Bertz CT molecular complexity index is 435. The molecule has 1 fully saturated rings. The molecule has 0 bridgehead atoms. The number of hydrogen-bond acceptors (Lipinski definition) is 4. The minimum Gasteiger partial charge on any atom is -0.493 e. The van der Waals surface area contributed by atoms with E-state index in [1.165, 1.54) is 0 Å². The Morgan fingerprint density at radius 2 is 2.15 bits per heavy atom. The Labute approximate surface area is 120 Å². The summed E-state index contributed by atoms with van der Waals surface area (Å²) in [5, 5.41) is 7.62. The van der Waals surface area contributed by atoms with Crippen LogP contribution in [-0.4, -0.2) is 35.8 Å². The van der Waals surface area contributed by atoms with Gasteiger partial charge in [-0.05, 0) is 39.3 Å². The lowest BCUT2D eigenvalue weighted by molar-refractivity contribution is 0.0688. The first-order valence-corrected chi connectivity index (χ1v) is 7.54. The van der Waals surface area contributed by atoms with Gasteiger partial charge in [0.15, 0.2) is 11.5 Å². The lowest BCUT2D eigenvalue weighted by Crippen LogP contribution is -2.43. The molecule has 20 heavy (non-hydrogen) atoms. The van der Waals surface area contributed by atoms with Gasteiger partial charge in [-0.25, -0.2) is 0 Å². The van der Waals surface area contributed by atoms with Crippen LogP contribution in [0.3, 0.4) is 0 Å². The van der Waals surface area contributed by atoms with E-state index in [1.54, 1.807) is 18.0 Å². The smallest absolute Gasteiger partial charge is 0.190 e. The predicted molar refractivity (Wildman–Crippen MR) is 78.2 cm³/mol. The summed E-state index contributed by atoms with van der Waals surface area (Å²) in [5.74, 6) is 0.808. The first-order chi connectivity index (χ1) is 9.68. The zero-order chi connectivity index (χ0) is 14.6. The quantitative estimate of drug-likeness (QED) is 0.812. The van der Waals surface area contributed by atoms with Gasteiger partial charge in [0.05, 0.1) is 13.3 Å². The molecule has 0 spiro atoms. The van der Waals surface area contributed by atoms with Gasteiger partial charge in [0, 0.05) is 12.0 Å². The third-order valence-corrected chi connectivity index (χ3v) is 4.31. The van der Waals surface area contributed by atoms with Crippen LogP contribution < -0.4 is 10.1 Å². The number of piperidine rings is 1. The maximum atomic E-state index is 13.2. The number of ketones is 1. The van der Waals surface area contributed by atoms with Crippen LogP contribution in [0.2, 0.25) is 0 Å². The van der Waals surface area contributed by atoms with Gasteiger partial charge < -0.3 is 10.1 Å². The molecule has 0 aliphatic carbocycles. The molecule has 0 saturated carbocycles. The van der Waals surface area contributed by atoms with Crippen LogP contribution >= 0.6 is 0 Å². The Balaban J connectivity index is 2.38. The molecule has 5 heteroatoms. The van der Waals surface area contributed by atoms with Crippen molar-refractivity contribution < 1.29 is 9.53 Å². The number of carbonyl (C=O) groups excluding carboxylic acids is 1. The van der Waals surface area contributed by atoms with E-state index in [2.05, 4.69) is 17.3 Å². The van der Waals surface area contributed by atoms with E-state index < -0.39 is 0 Å². The van der Waals surface area contributed by atoms with Crippen molar-refractivity contribution in [3.05, 3.63) is 11.9 Å². The minimum atomic E-state index is -0.250. The van der Waals surface area contributed by atoms with Gasteiger partial charge in [0.1, 0.15) is 5.69 Å². The molecule has 1 aromatic rings. The summed E-state index contributed by atoms with van der Waals surface area (Å²) in [5.41, 5.74) is 0.394. The molecule has 1 aliphatic rings. The highest BCUT2D eigenvalue weighted by atomic mass is 16.5. The third-order valence-electron chi connectivity index (χ3n) is 4.31. The van der Waals surface area contributed by atoms with E-state index in [9.17, 15) is 4.79 Å². The summed E-state index contributed by atoms with van der Waals surface area (Å²) in [6.07, 6.45) is 5.41. The Morgan fingerprint density at radius 3 is 2.70 bits per heavy atom. The van der Waals surface area contributed by atoms with Crippen molar-refractivity contribution in [3.8, 4) is 5.75 Å². The number of Topliss-reactive ketones (excluding diaryl/α,β-unsaturated/α-hetero) is 1. The number of aromatic nitrogens is 2. The second-order valence-electron chi connectivity index (χ2n) is 5.49. The zero-order valence-corrected chi connectivity index (χ0v) is 12.7. The van der Waals surface area contributed by atoms with Gasteiger partial charge in [-0.15, -0.1) is 0 Å². The third kappa shape index (κ3) is 2.59. The minimum absolute atomic E-state index is 0.206. The number of ether oxygens (including phenoxy) is 1. The summed E-state index contributed by atoms with van der Waals surface area (Å²) >= 11 is 0. The molecule has 0 aromatic carbocycles. The van der Waals surface area contributed by atoms with Crippen molar-refractivity contribution >= 4 is 5.78 Å². The molecule has 2 heterocycles. The first kappa shape index (κ1) is 15.0. The Kier molecular flexibility index (Phi) is 4.81. The molecular formula is C15H25N3O2. The monoisotopic (exact) mass is 279 g/mol. The van der Waals surface area contributed by atoms with E-state index in [4.69, 9.17) is 4.74 Å². The normalized spacial score (nSPS) is 17.9. The Morgan fingerprint density at radius 1 is 1.45 bits per heavy atom. The molecule has 0 atom stereocenters. The van der Waals surface area contributed by atoms with Crippen molar-refractivity contribution in [1.82, 2.24) is 15.1 Å². The summed E-state index contributed by atoms with van der Waals surface area (Å²) in [6.45, 7) is 6.65. The molecular weight excluding hydrogens is 254 g/mol. The summed E-state index contributed by atoms with van der Waals surface area (Å²) in [6, 6.07) is 0. The number of aryl methyl sites for hydroxylation is 1. The molecule has 1 saturated heterocycles. The van der Waals surface area contributed by atoms with Crippen molar-refractivity contribution in [2.75, 3.05) is 20.2 Å². The van der Waals surface area contributed by atoms with Crippen LogP contribution in [0.4, 0.5) is 0 Å². The molecule has 0 unspecified atom stereocenters. The fraction of sp³-hybridized carbons (Fsp3) is 0.733. The van der Waals surface area contributed by atoms with Gasteiger partial charge in [-0.1, -0.05) is 13.3 Å². The zero-order valence-electron chi connectivity index (χ0n) is 12.7. The standard InChI is InChI=1S/C15H25N3O2/c1-4-6-15(7-9-16-10-8-15)14(19)13-12(20-3)11-17-18(13)5-2/h11,16H,4-10H2,1-3H3. The average Bonchev–Trinajstić information content (AvgIpc) is 2.90. The van der Waals surface area contributed by atoms with Crippen LogP contribution in [0.1, 0.15) is 50.0 Å². The number of rotatable bonds is 6. The molecule has 5 nitrogen and oxygen atoms in total. The summed E-state index contributed by atoms with van der Waals surface area (Å²) < 4.78 is 7.11. The van der Waals surface area contributed by atoms with Gasteiger partial charge in [-0.2, -0.15) is 5.10 Å². The average molecular weight is 279 g/mol. The Hall–Kier alpha value is -1.36. The summed E-state index contributed by atoms with van der Waals surface area (Å²) in [4.78, 5) is 13.2. The van der Waals surface area contributed by atoms with E-state index in [-0.39, 0.29) is 11.2 Å². The van der Waals surface area contributed by atoms with E-state index in [1.807, 2.05) is 6.92 Å². The summed E-state index contributed by atoms with van der Waals surface area (Å²) in [7, 11) is 1.60. The maximum absolute atomic E-state index is 13.2. The van der Waals surface area contributed by atoms with Crippen LogP contribution in [0.15, 0.2) is 6.20 Å². The van der Waals surface area contributed by atoms with Crippen molar-refractivity contribution in [2.24, 2.45) is 5.41 Å². The lowest BCUT2D eigenvalue weighted by Gasteiger charge is -2.36. The first-order valence-electron chi connectivity index (χ1n) is 7.54. The highest BCUT2D eigenvalue weighted by molar-refractivity contribution is 6.01. The molecule has 1 N–H and O–H groups in total. The van der Waals surface area contributed by atoms with Crippen molar-refractivity contribution in [3.63, 3.8) is 0 Å². The fourth-order valence-electron chi connectivity index (χ4n) is 3.21. The number of carbonyl (C=O) groups is 1. The molecule has 0 radical (unpaired) electrons. The van der Waals surface area contributed by atoms with Gasteiger partial charge in [-0.3, -0.25) is 9.48 Å². The van der Waals surface area contributed by atoms with Crippen molar-refractivity contribution in [2.45, 2.75) is 46.1 Å². The molecule has 0 amide bonds. The maximum Gasteiger partial charge on any atom is 0.190 e. The van der Waals surface area contributed by atoms with Gasteiger partial charge in [0.25, 0.3) is 0 Å². The van der Waals surface area contributed by atoms with Gasteiger partial charge in [0.2, 0.25) is 0 Å². The number of methoxy groups -OCH3 is 1. The van der Waals surface area contributed by atoms with Crippen LogP contribution in [0.25, 0.3) is 0 Å². The largest absolute Gasteiger partial charge is 0.493 e. The van der Waals surface area contributed by atoms with Crippen LogP contribution in [0.5, 0.6) is 5.75 Å². The SMILES string of the molecule is CCCC1(C(=O)c2c(OC)cnn2CC)CCNCC1. The molecule has 2 rings (SSSR count). The lowest BCUT2D eigenvalue weighted by atomic mass is 9.71. The number of nitrogens with zero attached hydrogens (tertiary/aromatic N) is 2. The van der Waals surface area contributed by atoms with Crippen molar-refractivity contribution in [1.29, 1.82) is 0 Å². The van der Waals surface area contributed by atoms with E-state index >= 15 is 0 Å². The van der Waals surface area contributed by atoms with E-state index in [0.29, 0.717) is 18.0 Å². The highest BCUT2D eigenvalue weighted by Gasteiger charge is 2.41. The fourth-order valence-corrected chi connectivity index (χ4v) is 3.21. The molecule has 1 aliphatic heterocycles. The predicted octanol–water partition coefficient (Wildman–Crippen LogP) is 2.26. The second kappa shape index (κ2) is 6.39. The van der Waals surface area contributed by atoms with Gasteiger partial charge >= 0.3 is 0 Å². The second-order valence-corrected chi connectivity index (χ2v) is 5.49. The molecule has 1 aromatic heterocycles. The number of nitrogens with one attached hydrogen (secondary N) is 1. The van der Waals surface area contributed by atoms with Crippen LogP contribution in [-0.2, 0) is 6.54 Å². The molecule has 112 valence electrons.